The zero-order valence-electron chi connectivity index (χ0n) is 28.3. The average molecular weight is 757 g/mol. The zero-order chi connectivity index (χ0) is 33.8. The molecule has 49 heavy (non-hydrogen) atoms. The third kappa shape index (κ3) is 11.1. The molecule has 0 saturated heterocycles. The molecule has 4 aromatic carbocycles. The monoisotopic (exact) mass is 755 g/mol. The van der Waals surface area contributed by atoms with Gasteiger partial charge in [0, 0.05) is 35.0 Å². The number of ketones is 1. The number of thiophene rings is 2. The second kappa shape index (κ2) is 20.6. The van der Waals surface area contributed by atoms with Crippen LogP contribution in [0.3, 0.4) is 0 Å². The van der Waals surface area contributed by atoms with Gasteiger partial charge in [-0.3, -0.25) is 16.2 Å². The predicted octanol–water partition coefficient (Wildman–Crippen LogP) is 8.24. The van der Waals surface area contributed by atoms with Gasteiger partial charge < -0.3 is 28.0 Å². The largest absolute Gasteiger partial charge is 2.00 e. The first kappa shape index (κ1) is 41.3. The van der Waals surface area contributed by atoms with E-state index in [1.165, 1.54) is 11.3 Å². The van der Waals surface area contributed by atoms with E-state index in [-0.39, 0.29) is 51.7 Å². The number of hydrogen-bond donors (Lipinski definition) is 0. The standard InChI is InChI=1S/C20H16OS.C19H17NOS.C3H5.BrH.Mg/c1-14(2)19(21)18-13-17(15-9-5-3-6-10-15)20(22-18)16-11-7-4-8-12-16;1-20(2)19(21)17-13-16(14-9-5-3-6-10-14)18(22-17)15-11-7-4-8-12-15;1-3-2;;/h3-13H,1H2,2H3;3-13H,1-2H3;1H2,2H3;1H;/q;;-1;;+2/p-1. The molecule has 3 nitrogen and oxygen atoms in total. The summed E-state index contributed by atoms with van der Waals surface area (Å²) in [6.45, 7) is 10.5. The van der Waals surface area contributed by atoms with Crippen molar-refractivity contribution in [2.75, 3.05) is 14.1 Å². The van der Waals surface area contributed by atoms with Crippen LogP contribution in [0.15, 0.2) is 152 Å². The quantitative estimate of drug-likeness (QED) is 0.0713. The van der Waals surface area contributed by atoms with Crippen molar-refractivity contribution in [3.63, 3.8) is 0 Å². The molecule has 0 saturated carbocycles. The Labute approximate surface area is 325 Å². The molecule has 7 heteroatoms. The number of carbonyl (C=O) groups excluding carboxylic acids is 2. The van der Waals surface area contributed by atoms with Crippen molar-refractivity contribution >= 4 is 57.4 Å². The maximum atomic E-state index is 12.3. The van der Waals surface area contributed by atoms with Gasteiger partial charge >= 0.3 is 23.1 Å². The Morgan fingerprint density at radius 3 is 1.24 bits per heavy atom. The molecule has 0 radical (unpaired) electrons. The minimum atomic E-state index is 0. The van der Waals surface area contributed by atoms with E-state index < -0.39 is 0 Å². The Morgan fingerprint density at radius 2 is 0.918 bits per heavy atom. The number of carbonyl (C=O) groups is 2. The Bertz CT molecular complexity index is 1820. The van der Waals surface area contributed by atoms with Crippen molar-refractivity contribution in [3.05, 3.63) is 168 Å². The van der Waals surface area contributed by atoms with Crippen LogP contribution in [0, 0.1) is 6.08 Å². The first-order valence-electron chi connectivity index (χ1n) is 15.1. The van der Waals surface area contributed by atoms with E-state index in [1.807, 2.05) is 84.9 Å². The van der Waals surface area contributed by atoms with E-state index in [0.29, 0.717) is 5.57 Å². The molecule has 0 aliphatic heterocycles. The van der Waals surface area contributed by atoms with Gasteiger partial charge in [0.05, 0.1) is 9.75 Å². The van der Waals surface area contributed by atoms with Crippen LogP contribution in [0.4, 0.5) is 0 Å². The molecule has 2 heterocycles. The van der Waals surface area contributed by atoms with Gasteiger partial charge in [0.2, 0.25) is 0 Å². The molecule has 0 aliphatic carbocycles. The molecular weight excluding hydrogens is 719 g/mol. The minimum absolute atomic E-state index is 0. The summed E-state index contributed by atoms with van der Waals surface area (Å²) in [5.74, 6) is 0.0636. The van der Waals surface area contributed by atoms with E-state index in [1.54, 1.807) is 44.2 Å². The molecule has 0 spiro atoms. The average Bonchev–Trinajstić information content (AvgIpc) is 3.76. The van der Waals surface area contributed by atoms with Crippen LogP contribution in [-0.2, 0) is 0 Å². The summed E-state index contributed by atoms with van der Waals surface area (Å²) in [6, 6.07) is 44.8. The number of hydrogen-bond acceptors (Lipinski definition) is 4. The fraction of sp³-hybridized carbons (Fsp3) is 0.0952. The first-order valence-corrected chi connectivity index (χ1v) is 16.7. The maximum absolute atomic E-state index is 12.3. The van der Waals surface area contributed by atoms with Gasteiger partial charge in [0.15, 0.2) is 5.78 Å². The Hall–Kier alpha value is -3.85. The predicted molar refractivity (Wildman–Crippen MR) is 208 cm³/mol. The number of allylic oxidation sites excluding steroid dienone is 2. The van der Waals surface area contributed by atoms with Gasteiger partial charge in [-0.1, -0.05) is 128 Å². The van der Waals surface area contributed by atoms with Crippen molar-refractivity contribution in [1.82, 2.24) is 4.90 Å². The Kier molecular flexibility index (Phi) is 17.4. The van der Waals surface area contributed by atoms with Crippen LogP contribution in [0.2, 0.25) is 0 Å². The van der Waals surface area contributed by atoms with Crippen molar-refractivity contribution in [2.24, 2.45) is 0 Å². The van der Waals surface area contributed by atoms with Gasteiger partial charge in [-0.15, -0.1) is 22.7 Å². The Balaban J connectivity index is 0.000000304. The summed E-state index contributed by atoms with van der Waals surface area (Å²) >= 11 is 3.09. The molecular formula is C42H38BrMgNO2S2. The third-order valence-corrected chi connectivity index (χ3v) is 9.29. The molecule has 0 N–H and O–H groups in total. The van der Waals surface area contributed by atoms with E-state index in [2.05, 4.69) is 67.8 Å². The molecule has 0 atom stereocenters. The van der Waals surface area contributed by atoms with Gasteiger partial charge in [0.25, 0.3) is 5.91 Å². The van der Waals surface area contributed by atoms with Crippen LogP contribution >= 0.6 is 22.7 Å². The zero-order valence-corrected chi connectivity index (χ0v) is 32.9. The SMILES string of the molecule is C=C(C)C(=O)c1cc(-c2ccccc2)c(-c2ccccc2)s1.C=[C-]C.CN(C)C(=O)c1cc(-c2ccccc2)c(-c2ccccc2)s1.[Br-].[Mg+2]. The summed E-state index contributed by atoms with van der Waals surface area (Å²) in [7, 11) is 3.57. The number of nitrogens with zero attached hydrogens (tertiary/aromatic N) is 1. The maximum Gasteiger partial charge on any atom is 2.00 e. The molecule has 6 rings (SSSR count). The molecule has 0 fully saturated rings. The minimum Gasteiger partial charge on any atom is -1.00 e. The van der Waals surface area contributed by atoms with Gasteiger partial charge in [-0.05, 0) is 46.9 Å². The number of halogens is 1. The summed E-state index contributed by atoms with van der Waals surface area (Å²) in [5, 5.41) is 0. The second-order valence-electron chi connectivity index (χ2n) is 10.8. The van der Waals surface area contributed by atoms with Crippen LogP contribution in [-0.4, -0.2) is 53.7 Å². The summed E-state index contributed by atoms with van der Waals surface area (Å²) in [4.78, 5) is 30.0. The first-order chi connectivity index (χ1) is 22.7. The summed E-state index contributed by atoms with van der Waals surface area (Å²) in [5.41, 5.74) is 7.31. The number of amides is 1. The van der Waals surface area contributed by atoms with Crippen molar-refractivity contribution < 1.29 is 26.6 Å². The van der Waals surface area contributed by atoms with Crippen LogP contribution in [0.1, 0.15) is 33.2 Å². The van der Waals surface area contributed by atoms with Crippen LogP contribution in [0.5, 0.6) is 0 Å². The molecule has 1 amide bonds. The second-order valence-corrected chi connectivity index (χ2v) is 12.9. The number of Topliss-reactive ketones (excluding diaryl/α,β-unsaturated/α-hetero) is 1. The van der Waals surface area contributed by atoms with Gasteiger partial charge in [-0.25, -0.2) is 0 Å². The molecule has 244 valence electrons. The summed E-state index contributed by atoms with van der Waals surface area (Å²) in [6.07, 6.45) is 2.50. The molecule has 2 aromatic heterocycles. The van der Waals surface area contributed by atoms with Gasteiger partial charge in [-0.2, -0.15) is 6.92 Å². The van der Waals surface area contributed by atoms with Crippen LogP contribution < -0.4 is 17.0 Å². The fourth-order valence-electron chi connectivity index (χ4n) is 4.70. The molecule has 0 bridgehead atoms. The third-order valence-electron chi connectivity index (χ3n) is 6.93. The van der Waals surface area contributed by atoms with E-state index in [9.17, 15) is 9.59 Å². The molecule has 6 aromatic rings. The topological polar surface area (TPSA) is 37.4 Å². The van der Waals surface area contributed by atoms with E-state index in [4.69, 9.17) is 0 Å². The molecule has 0 aliphatic rings. The van der Waals surface area contributed by atoms with Gasteiger partial charge in [0.1, 0.15) is 0 Å². The van der Waals surface area contributed by atoms with Crippen molar-refractivity contribution in [3.8, 4) is 43.1 Å². The Morgan fingerprint density at radius 1 is 0.612 bits per heavy atom. The van der Waals surface area contributed by atoms with E-state index >= 15 is 0 Å². The summed E-state index contributed by atoms with van der Waals surface area (Å²) < 4.78 is 0. The number of benzene rings is 4. The van der Waals surface area contributed by atoms with Crippen molar-refractivity contribution in [2.45, 2.75) is 13.8 Å². The fourth-order valence-corrected chi connectivity index (χ4v) is 7.11. The normalized spacial score (nSPS) is 9.63. The smallest absolute Gasteiger partial charge is 1.00 e. The van der Waals surface area contributed by atoms with Crippen LogP contribution in [0.25, 0.3) is 43.1 Å². The molecule has 0 unspecified atom stereocenters. The van der Waals surface area contributed by atoms with E-state index in [0.717, 1.165) is 52.9 Å². The van der Waals surface area contributed by atoms with Crippen molar-refractivity contribution in [1.29, 1.82) is 0 Å². The number of rotatable bonds is 7.